The van der Waals surface area contributed by atoms with Crippen molar-refractivity contribution in [2.24, 2.45) is 0 Å². The summed E-state index contributed by atoms with van der Waals surface area (Å²) < 4.78 is 14.4. The molecule has 2 N–H and O–H groups in total. The summed E-state index contributed by atoms with van der Waals surface area (Å²) in [6, 6.07) is 10.7. The van der Waals surface area contributed by atoms with E-state index in [1.165, 1.54) is 50.6 Å². The van der Waals surface area contributed by atoms with Gasteiger partial charge in [0.2, 0.25) is 0 Å². The van der Waals surface area contributed by atoms with E-state index < -0.39 is 5.97 Å². The largest absolute Gasteiger partial charge is 0.504 e. The van der Waals surface area contributed by atoms with Crippen LogP contribution in [0.4, 0.5) is 0 Å². The monoisotopic (exact) mass is 399 g/mol. The summed E-state index contributed by atoms with van der Waals surface area (Å²) in [5.41, 5.74) is 0.943. The molecule has 0 atom stereocenters. The number of carbonyl (C=O) groups excluding carboxylic acids is 2. The molecule has 29 heavy (non-hydrogen) atoms. The first-order chi connectivity index (χ1) is 13.9. The summed E-state index contributed by atoms with van der Waals surface area (Å²) >= 11 is 0. The van der Waals surface area contributed by atoms with Crippen LogP contribution in [-0.4, -0.2) is 43.3 Å². The molecule has 0 heterocycles. The summed E-state index contributed by atoms with van der Waals surface area (Å²) in [5, 5.41) is 27.4. The lowest BCUT2D eigenvalue weighted by atomic mass is 10.1. The Morgan fingerprint density at radius 1 is 1.03 bits per heavy atom. The number of phenols is 2. The van der Waals surface area contributed by atoms with Crippen LogP contribution in [0.5, 0.6) is 23.0 Å². The van der Waals surface area contributed by atoms with E-state index in [4.69, 9.17) is 24.6 Å². The zero-order chi connectivity index (χ0) is 21.8. The molecular formula is C21H21NO7. The molecule has 2 rings (SSSR count). The fraction of sp³-hybridized carbons (Fsp3) is 0.190. The van der Waals surface area contributed by atoms with Crippen LogP contribution in [0.2, 0.25) is 0 Å². The van der Waals surface area contributed by atoms with Crippen LogP contribution >= 0.6 is 0 Å². The molecule has 0 bridgehead atoms. The summed E-state index contributed by atoms with van der Waals surface area (Å²) in [6.45, 7) is 1.87. The first kappa shape index (κ1) is 23.0. The maximum Gasteiger partial charge on any atom is 0.348 e. The lowest BCUT2D eigenvalue weighted by molar-refractivity contribution is -0.137. The number of hydrogen-bond donors (Lipinski definition) is 2. The third-order valence-corrected chi connectivity index (χ3v) is 3.47. The molecule has 0 spiro atoms. The van der Waals surface area contributed by atoms with Gasteiger partial charge in [-0.15, -0.1) is 0 Å². The van der Waals surface area contributed by atoms with Crippen molar-refractivity contribution < 1.29 is 34.0 Å². The second-order valence-corrected chi connectivity index (χ2v) is 5.37. The second-order valence-electron chi connectivity index (χ2n) is 5.37. The molecule has 152 valence electrons. The standard InChI is InChI=1S/C13H13NO4.C8H8O3/c1-3-18-13(16)10(8-14)6-9-4-5-11(15)12(7-9)17-2;1-11-8-4-6(5-9)2-3-7(8)10/h4-7,15H,3H2,1-2H3;2-5,10H,1H3/b10-6+;. The third kappa shape index (κ3) is 6.92. The minimum absolute atomic E-state index is 0.00991. The van der Waals surface area contributed by atoms with E-state index in [-0.39, 0.29) is 29.4 Å². The summed E-state index contributed by atoms with van der Waals surface area (Å²) in [5.74, 6) is -0.0612. The molecule has 0 radical (unpaired) electrons. The number of aromatic hydroxyl groups is 2. The molecular weight excluding hydrogens is 378 g/mol. The Hall–Kier alpha value is -3.99. The molecule has 0 aliphatic rings. The van der Waals surface area contributed by atoms with E-state index >= 15 is 0 Å². The molecule has 8 nitrogen and oxygen atoms in total. The smallest absolute Gasteiger partial charge is 0.348 e. The van der Waals surface area contributed by atoms with Crippen molar-refractivity contribution in [3.63, 3.8) is 0 Å². The minimum Gasteiger partial charge on any atom is -0.504 e. The second kappa shape index (κ2) is 11.7. The maximum absolute atomic E-state index is 11.4. The van der Waals surface area contributed by atoms with Crippen LogP contribution in [-0.2, 0) is 9.53 Å². The highest BCUT2D eigenvalue weighted by Gasteiger charge is 2.10. The zero-order valence-electron chi connectivity index (χ0n) is 16.2. The van der Waals surface area contributed by atoms with Crippen molar-refractivity contribution in [2.75, 3.05) is 20.8 Å². The van der Waals surface area contributed by atoms with E-state index in [1.807, 2.05) is 0 Å². The summed E-state index contributed by atoms with van der Waals surface area (Å²) in [4.78, 5) is 21.7. The Morgan fingerprint density at radius 2 is 1.55 bits per heavy atom. The fourth-order valence-corrected chi connectivity index (χ4v) is 2.06. The van der Waals surface area contributed by atoms with Crippen molar-refractivity contribution in [3.05, 3.63) is 53.1 Å². The van der Waals surface area contributed by atoms with Gasteiger partial charge in [0.25, 0.3) is 0 Å². The van der Waals surface area contributed by atoms with Gasteiger partial charge in [-0.05, 0) is 48.9 Å². The number of phenolic OH excluding ortho intramolecular Hbond substituents is 2. The average molecular weight is 399 g/mol. The molecule has 0 aliphatic carbocycles. The van der Waals surface area contributed by atoms with Crippen LogP contribution in [0.1, 0.15) is 22.8 Å². The molecule has 2 aromatic rings. The number of hydrogen-bond acceptors (Lipinski definition) is 8. The summed E-state index contributed by atoms with van der Waals surface area (Å²) in [7, 11) is 2.85. The molecule has 0 saturated heterocycles. The van der Waals surface area contributed by atoms with Gasteiger partial charge in [-0.3, -0.25) is 4.79 Å². The van der Waals surface area contributed by atoms with Crippen molar-refractivity contribution in [3.8, 4) is 29.1 Å². The van der Waals surface area contributed by atoms with Crippen molar-refractivity contribution in [1.82, 2.24) is 0 Å². The Bertz CT molecular complexity index is 929. The number of rotatable bonds is 6. The molecule has 0 amide bonds. The van der Waals surface area contributed by atoms with Gasteiger partial charge in [0.15, 0.2) is 23.0 Å². The lowest BCUT2D eigenvalue weighted by Crippen LogP contribution is -2.05. The van der Waals surface area contributed by atoms with Gasteiger partial charge in [0, 0.05) is 5.56 Å². The van der Waals surface area contributed by atoms with Crippen molar-refractivity contribution in [1.29, 1.82) is 5.26 Å². The van der Waals surface area contributed by atoms with Gasteiger partial charge in [0.1, 0.15) is 17.9 Å². The van der Waals surface area contributed by atoms with Crippen LogP contribution in [0.15, 0.2) is 42.0 Å². The predicted molar refractivity (Wildman–Crippen MR) is 105 cm³/mol. The Kier molecular flexibility index (Phi) is 9.27. The number of ether oxygens (including phenoxy) is 3. The topological polar surface area (TPSA) is 126 Å². The number of aldehydes is 1. The highest BCUT2D eigenvalue weighted by Crippen LogP contribution is 2.27. The van der Waals surface area contributed by atoms with Crippen LogP contribution in [0.3, 0.4) is 0 Å². The minimum atomic E-state index is -0.674. The van der Waals surface area contributed by atoms with Crippen LogP contribution < -0.4 is 9.47 Å². The quantitative estimate of drug-likeness (QED) is 0.328. The molecule has 0 fully saturated rings. The normalized spacial score (nSPS) is 10.1. The molecule has 0 saturated carbocycles. The van der Waals surface area contributed by atoms with Gasteiger partial charge in [0.05, 0.1) is 20.8 Å². The average Bonchev–Trinajstić information content (AvgIpc) is 2.74. The molecule has 0 aromatic heterocycles. The van der Waals surface area contributed by atoms with E-state index in [9.17, 15) is 14.7 Å². The van der Waals surface area contributed by atoms with Crippen LogP contribution in [0, 0.1) is 11.3 Å². The van der Waals surface area contributed by atoms with Crippen molar-refractivity contribution >= 4 is 18.3 Å². The van der Waals surface area contributed by atoms with E-state index in [0.717, 1.165) is 0 Å². The molecule has 8 heteroatoms. The van der Waals surface area contributed by atoms with E-state index in [1.54, 1.807) is 19.1 Å². The van der Waals surface area contributed by atoms with Gasteiger partial charge in [-0.1, -0.05) is 6.07 Å². The highest BCUT2D eigenvalue weighted by atomic mass is 16.5. The first-order valence-corrected chi connectivity index (χ1v) is 8.38. The number of esters is 1. The number of benzene rings is 2. The Morgan fingerprint density at radius 3 is 2.00 bits per heavy atom. The fourth-order valence-electron chi connectivity index (χ4n) is 2.06. The van der Waals surface area contributed by atoms with Gasteiger partial charge in [-0.2, -0.15) is 5.26 Å². The van der Waals surface area contributed by atoms with Gasteiger partial charge < -0.3 is 24.4 Å². The Labute approximate surface area is 168 Å². The third-order valence-electron chi connectivity index (χ3n) is 3.47. The number of nitriles is 1. The molecule has 2 aromatic carbocycles. The van der Waals surface area contributed by atoms with E-state index in [0.29, 0.717) is 23.2 Å². The highest BCUT2D eigenvalue weighted by molar-refractivity contribution is 5.97. The first-order valence-electron chi connectivity index (χ1n) is 8.38. The predicted octanol–water partition coefficient (Wildman–Crippen LogP) is 3.08. The summed E-state index contributed by atoms with van der Waals surface area (Å²) in [6.07, 6.45) is 2.07. The maximum atomic E-state index is 11.4. The number of methoxy groups -OCH3 is 2. The molecule has 0 aliphatic heterocycles. The van der Waals surface area contributed by atoms with Gasteiger partial charge >= 0.3 is 5.97 Å². The number of nitrogens with zero attached hydrogens (tertiary/aromatic N) is 1. The van der Waals surface area contributed by atoms with Gasteiger partial charge in [-0.25, -0.2) is 4.79 Å². The molecule has 0 unspecified atom stereocenters. The van der Waals surface area contributed by atoms with Crippen molar-refractivity contribution in [2.45, 2.75) is 6.92 Å². The van der Waals surface area contributed by atoms with Crippen LogP contribution in [0.25, 0.3) is 6.08 Å². The zero-order valence-corrected chi connectivity index (χ0v) is 16.2. The SMILES string of the molecule is CCOC(=O)/C(C#N)=C/c1ccc(O)c(OC)c1.COc1cc(C=O)ccc1O. The Balaban J connectivity index is 0.000000326. The lowest BCUT2D eigenvalue weighted by Gasteiger charge is -2.04. The van der Waals surface area contributed by atoms with E-state index in [2.05, 4.69) is 0 Å². The number of carbonyl (C=O) groups is 2.